The Bertz CT molecular complexity index is 168. The van der Waals surface area contributed by atoms with Crippen LogP contribution in [0.5, 0.6) is 0 Å². The maximum absolute atomic E-state index is 5.50. The van der Waals surface area contributed by atoms with Gasteiger partial charge >= 0.3 is 0 Å². The number of hydrogen-bond acceptors (Lipinski definition) is 2. The lowest BCUT2D eigenvalue weighted by atomic mass is 10.0. The molecule has 1 saturated heterocycles. The van der Waals surface area contributed by atoms with Crippen LogP contribution in [0, 0.1) is 12.3 Å². The molecule has 1 heterocycles. The van der Waals surface area contributed by atoms with Gasteiger partial charge in [0.15, 0.2) is 0 Å². The van der Waals surface area contributed by atoms with Crippen LogP contribution in [-0.2, 0) is 4.74 Å². The van der Waals surface area contributed by atoms with Crippen LogP contribution in [0.3, 0.4) is 0 Å². The molecule has 1 rings (SSSR count). The monoisotopic (exact) mass is 195 g/mol. The average molecular weight is 195 g/mol. The summed E-state index contributed by atoms with van der Waals surface area (Å²) in [5, 5.41) is 3.51. The fraction of sp³-hybridized carbons (Fsp3) is 0.833. The first kappa shape index (κ1) is 11.6. The van der Waals surface area contributed by atoms with Gasteiger partial charge in [-0.1, -0.05) is 6.42 Å². The second-order valence-corrected chi connectivity index (χ2v) is 3.86. The highest BCUT2D eigenvalue weighted by molar-refractivity contribution is 4.82. The molecular formula is C12H21NO. The Labute approximate surface area is 87.4 Å². The standard InChI is InChI=1S/C12H21NO/c1-2-3-6-10-14-11-8-12-7-4-5-9-13-12/h1,12-13H,3-11H2. The molecule has 0 radical (unpaired) electrons. The molecule has 2 heteroatoms. The number of nitrogens with one attached hydrogen (secondary N) is 1. The zero-order valence-electron chi connectivity index (χ0n) is 8.93. The molecule has 0 aromatic heterocycles. The molecule has 1 aliphatic rings. The second kappa shape index (κ2) is 7.84. The van der Waals surface area contributed by atoms with Gasteiger partial charge in [0.2, 0.25) is 0 Å². The molecule has 0 aromatic carbocycles. The Balaban J connectivity index is 1.85. The highest BCUT2D eigenvalue weighted by Gasteiger charge is 2.11. The van der Waals surface area contributed by atoms with Gasteiger partial charge < -0.3 is 10.1 Å². The molecule has 1 fully saturated rings. The van der Waals surface area contributed by atoms with Crippen molar-refractivity contribution >= 4 is 0 Å². The van der Waals surface area contributed by atoms with E-state index in [4.69, 9.17) is 11.2 Å². The van der Waals surface area contributed by atoms with Gasteiger partial charge in [-0.15, -0.1) is 12.3 Å². The van der Waals surface area contributed by atoms with E-state index in [1.807, 2.05) is 0 Å². The fourth-order valence-corrected chi connectivity index (χ4v) is 1.77. The normalized spacial score (nSPS) is 21.8. The SMILES string of the molecule is C#CCCCOCCC1CCCCN1. The Hall–Kier alpha value is -0.520. The molecule has 0 saturated carbocycles. The average Bonchev–Trinajstić information content (AvgIpc) is 2.25. The maximum atomic E-state index is 5.50. The van der Waals surface area contributed by atoms with Crippen molar-refractivity contribution in [3.05, 3.63) is 0 Å². The minimum atomic E-state index is 0.691. The van der Waals surface area contributed by atoms with E-state index >= 15 is 0 Å². The zero-order valence-corrected chi connectivity index (χ0v) is 8.93. The highest BCUT2D eigenvalue weighted by Crippen LogP contribution is 2.09. The van der Waals surface area contributed by atoms with Crippen LogP contribution in [0.1, 0.15) is 38.5 Å². The third kappa shape index (κ3) is 5.26. The Morgan fingerprint density at radius 3 is 3.00 bits per heavy atom. The van der Waals surface area contributed by atoms with Crippen molar-refractivity contribution in [2.45, 2.75) is 44.6 Å². The van der Waals surface area contributed by atoms with Gasteiger partial charge in [-0.05, 0) is 32.2 Å². The van der Waals surface area contributed by atoms with E-state index in [1.165, 1.54) is 25.8 Å². The summed E-state index contributed by atoms with van der Waals surface area (Å²) in [6.45, 7) is 2.88. The minimum absolute atomic E-state index is 0.691. The van der Waals surface area contributed by atoms with Gasteiger partial charge in [-0.3, -0.25) is 0 Å². The van der Waals surface area contributed by atoms with Crippen molar-refractivity contribution in [3.8, 4) is 12.3 Å². The third-order valence-corrected chi connectivity index (χ3v) is 2.63. The summed E-state index contributed by atoms with van der Waals surface area (Å²) in [4.78, 5) is 0. The molecular weight excluding hydrogens is 174 g/mol. The van der Waals surface area contributed by atoms with Crippen LogP contribution in [0.25, 0.3) is 0 Å². The second-order valence-electron chi connectivity index (χ2n) is 3.86. The smallest absolute Gasteiger partial charge is 0.0480 e. The lowest BCUT2D eigenvalue weighted by molar-refractivity contribution is 0.119. The zero-order chi connectivity index (χ0) is 10.1. The summed E-state index contributed by atoms with van der Waals surface area (Å²) < 4.78 is 5.50. The predicted octanol–water partition coefficient (Wildman–Crippen LogP) is 1.95. The summed E-state index contributed by atoms with van der Waals surface area (Å²) >= 11 is 0. The van der Waals surface area contributed by atoms with Gasteiger partial charge in [-0.25, -0.2) is 0 Å². The summed E-state index contributed by atoms with van der Waals surface area (Å²) in [5.74, 6) is 2.62. The van der Waals surface area contributed by atoms with E-state index in [-0.39, 0.29) is 0 Å². The first-order valence-electron chi connectivity index (χ1n) is 5.68. The number of terminal acetylenes is 1. The molecule has 2 nitrogen and oxygen atoms in total. The van der Waals surface area contributed by atoms with E-state index in [1.54, 1.807) is 0 Å². The minimum Gasteiger partial charge on any atom is -0.381 e. The van der Waals surface area contributed by atoms with Crippen LogP contribution in [0.4, 0.5) is 0 Å². The highest BCUT2D eigenvalue weighted by atomic mass is 16.5. The topological polar surface area (TPSA) is 21.3 Å². The van der Waals surface area contributed by atoms with Crippen molar-refractivity contribution in [3.63, 3.8) is 0 Å². The van der Waals surface area contributed by atoms with Gasteiger partial charge in [0, 0.05) is 25.7 Å². The number of unbranched alkanes of at least 4 members (excludes halogenated alkanes) is 1. The van der Waals surface area contributed by atoms with Crippen molar-refractivity contribution < 1.29 is 4.74 Å². The number of rotatable bonds is 6. The third-order valence-electron chi connectivity index (χ3n) is 2.63. The van der Waals surface area contributed by atoms with Gasteiger partial charge in [0.25, 0.3) is 0 Å². The lowest BCUT2D eigenvalue weighted by Gasteiger charge is -2.23. The maximum Gasteiger partial charge on any atom is 0.0480 e. The molecule has 80 valence electrons. The molecule has 0 aliphatic carbocycles. The van der Waals surface area contributed by atoms with Crippen molar-refractivity contribution in [2.75, 3.05) is 19.8 Å². The first-order chi connectivity index (χ1) is 6.93. The molecule has 1 N–H and O–H groups in total. The largest absolute Gasteiger partial charge is 0.381 e. The van der Waals surface area contributed by atoms with Crippen LogP contribution in [-0.4, -0.2) is 25.8 Å². The molecule has 0 bridgehead atoms. The quantitative estimate of drug-likeness (QED) is 0.516. The molecule has 1 aliphatic heterocycles. The van der Waals surface area contributed by atoms with E-state index in [2.05, 4.69) is 11.2 Å². The van der Waals surface area contributed by atoms with E-state index in [9.17, 15) is 0 Å². The summed E-state index contributed by atoms with van der Waals surface area (Å²) in [7, 11) is 0. The van der Waals surface area contributed by atoms with Gasteiger partial charge in [-0.2, -0.15) is 0 Å². The van der Waals surface area contributed by atoms with Gasteiger partial charge in [0.1, 0.15) is 0 Å². The summed E-state index contributed by atoms with van der Waals surface area (Å²) in [6.07, 6.45) is 12.1. The molecule has 1 atom stereocenters. The van der Waals surface area contributed by atoms with Crippen molar-refractivity contribution in [1.82, 2.24) is 5.32 Å². The summed E-state index contributed by atoms with van der Waals surface area (Å²) in [6, 6.07) is 0.691. The van der Waals surface area contributed by atoms with Gasteiger partial charge in [0.05, 0.1) is 0 Å². The van der Waals surface area contributed by atoms with Crippen LogP contribution in [0.2, 0.25) is 0 Å². The molecule has 0 aromatic rings. The molecule has 0 amide bonds. The Morgan fingerprint density at radius 1 is 1.36 bits per heavy atom. The summed E-state index contributed by atoms with van der Waals surface area (Å²) in [5.41, 5.74) is 0. The molecule has 14 heavy (non-hydrogen) atoms. The molecule has 1 unspecified atom stereocenters. The van der Waals surface area contributed by atoms with Crippen LogP contribution in [0.15, 0.2) is 0 Å². The van der Waals surface area contributed by atoms with Crippen LogP contribution < -0.4 is 5.32 Å². The Kier molecular flexibility index (Phi) is 6.47. The van der Waals surface area contributed by atoms with Crippen LogP contribution >= 0.6 is 0 Å². The van der Waals surface area contributed by atoms with Crippen molar-refractivity contribution in [2.24, 2.45) is 0 Å². The van der Waals surface area contributed by atoms with E-state index < -0.39 is 0 Å². The molecule has 0 spiro atoms. The predicted molar refractivity (Wildman–Crippen MR) is 59.1 cm³/mol. The van der Waals surface area contributed by atoms with E-state index in [0.717, 1.165) is 32.5 Å². The Morgan fingerprint density at radius 2 is 2.29 bits per heavy atom. The lowest BCUT2D eigenvalue weighted by Crippen LogP contribution is -2.34. The van der Waals surface area contributed by atoms with E-state index in [0.29, 0.717) is 6.04 Å². The fourth-order valence-electron chi connectivity index (χ4n) is 1.77. The number of piperidine rings is 1. The number of hydrogen-bond donors (Lipinski definition) is 1. The first-order valence-corrected chi connectivity index (χ1v) is 5.68. The van der Waals surface area contributed by atoms with Crippen molar-refractivity contribution in [1.29, 1.82) is 0 Å². The number of ether oxygens (including phenoxy) is 1.